The minimum absolute atomic E-state index is 0.0630. The highest BCUT2D eigenvalue weighted by molar-refractivity contribution is 6.45. The summed E-state index contributed by atoms with van der Waals surface area (Å²) >= 11 is 18.0. The van der Waals surface area contributed by atoms with Crippen molar-refractivity contribution in [3.63, 3.8) is 0 Å². The molecule has 0 saturated heterocycles. The molecule has 0 bridgehead atoms. The van der Waals surface area contributed by atoms with Gasteiger partial charge in [0, 0.05) is 10.6 Å². The van der Waals surface area contributed by atoms with Crippen molar-refractivity contribution in [2.24, 2.45) is 0 Å². The molecule has 19 heavy (non-hydrogen) atoms. The van der Waals surface area contributed by atoms with Crippen LogP contribution in [0.1, 0.15) is 5.69 Å². The van der Waals surface area contributed by atoms with Crippen LogP contribution in [-0.2, 0) is 6.61 Å². The number of anilines is 2. The van der Waals surface area contributed by atoms with Crippen LogP contribution in [0.5, 0.6) is 0 Å². The second kappa shape index (κ2) is 5.38. The van der Waals surface area contributed by atoms with Crippen molar-refractivity contribution in [3.05, 3.63) is 32.9 Å². The van der Waals surface area contributed by atoms with E-state index >= 15 is 0 Å². The zero-order valence-electron chi connectivity index (χ0n) is 9.49. The smallest absolute Gasteiger partial charge is 0.152 e. The van der Waals surface area contributed by atoms with Crippen molar-refractivity contribution < 1.29 is 5.11 Å². The van der Waals surface area contributed by atoms with Crippen LogP contribution < -0.4 is 11.5 Å². The van der Waals surface area contributed by atoms with Crippen molar-refractivity contribution in [3.8, 4) is 11.3 Å². The first kappa shape index (κ1) is 14.1. The number of halogens is 3. The molecule has 1 heterocycles. The number of nitrogens with two attached hydrogens (primary N) is 2. The minimum atomic E-state index is -0.363. The van der Waals surface area contributed by atoms with Gasteiger partial charge in [0.25, 0.3) is 0 Å². The van der Waals surface area contributed by atoms with Crippen LogP contribution in [0.4, 0.5) is 11.6 Å². The van der Waals surface area contributed by atoms with Gasteiger partial charge in [0.2, 0.25) is 0 Å². The molecular weight excluding hydrogens is 311 g/mol. The van der Waals surface area contributed by atoms with Crippen LogP contribution >= 0.6 is 34.8 Å². The van der Waals surface area contributed by atoms with Crippen molar-refractivity contribution in [1.82, 2.24) is 9.97 Å². The van der Waals surface area contributed by atoms with Crippen LogP contribution in [0.15, 0.2) is 12.1 Å². The topological polar surface area (TPSA) is 98.0 Å². The molecule has 1 aromatic heterocycles. The molecule has 8 heteroatoms. The predicted molar refractivity (Wildman–Crippen MR) is 77.2 cm³/mol. The van der Waals surface area contributed by atoms with Gasteiger partial charge in [0.15, 0.2) is 5.82 Å². The third-order valence-electron chi connectivity index (χ3n) is 2.42. The second-order valence-electron chi connectivity index (χ2n) is 3.70. The average Bonchev–Trinajstić information content (AvgIpc) is 2.34. The van der Waals surface area contributed by atoms with Crippen molar-refractivity contribution in [2.45, 2.75) is 6.61 Å². The van der Waals surface area contributed by atoms with Crippen molar-refractivity contribution in [2.75, 3.05) is 11.5 Å². The third kappa shape index (κ3) is 2.69. The van der Waals surface area contributed by atoms with E-state index < -0.39 is 0 Å². The maximum absolute atomic E-state index is 9.15. The molecule has 5 N–H and O–H groups in total. The number of nitrogens with zero attached hydrogens (tertiary/aromatic N) is 2. The molecule has 0 spiro atoms. The van der Waals surface area contributed by atoms with Crippen LogP contribution in [0.25, 0.3) is 11.3 Å². The first-order valence-electron chi connectivity index (χ1n) is 5.11. The van der Waals surface area contributed by atoms with Gasteiger partial charge in [-0.25, -0.2) is 9.97 Å². The normalized spacial score (nSPS) is 10.7. The number of benzene rings is 1. The molecule has 0 aliphatic carbocycles. The summed E-state index contributed by atoms with van der Waals surface area (Å²) < 4.78 is 0. The van der Waals surface area contributed by atoms with Gasteiger partial charge in [0.1, 0.15) is 17.2 Å². The van der Waals surface area contributed by atoms with E-state index in [-0.39, 0.29) is 39.7 Å². The molecule has 1 aromatic carbocycles. The summed E-state index contributed by atoms with van der Waals surface area (Å²) in [5, 5.41) is 10.1. The number of aliphatic hydroxyl groups is 1. The minimum Gasteiger partial charge on any atom is -0.390 e. The Labute approximate surface area is 124 Å². The molecular formula is C11H9Cl3N4O. The maximum atomic E-state index is 9.15. The largest absolute Gasteiger partial charge is 0.390 e. The fourth-order valence-corrected chi connectivity index (χ4v) is 2.23. The molecule has 2 rings (SSSR count). The van der Waals surface area contributed by atoms with E-state index in [4.69, 9.17) is 51.4 Å². The lowest BCUT2D eigenvalue weighted by Gasteiger charge is -2.11. The van der Waals surface area contributed by atoms with Gasteiger partial charge in [0.05, 0.1) is 16.7 Å². The fraction of sp³-hybridized carbons (Fsp3) is 0.0909. The third-order valence-corrected chi connectivity index (χ3v) is 3.44. The van der Waals surface area contributed by atoms with E-state index in [9.17, 15) is 0 Å². The van der Waals surface area contributed by atoms with Gasteiger partial charge in [-0.05, 0) is 12.1 Å². The molecule has 2 aromatic rings. The lowest BCUT2D eigenvalue weighted by atomic mass is 10.1. The zero-order valence-corrected chi connectivity index (χ0v) is 11.8. The van der Waals surface area contributed by atoms with E-state index in [1.165, 1.54) is 6.07 Å². The quantitative estimate of drug-likeness (QED) is 0.739. The summed E-state index contributed by atoms with van der Waals surface area (Å²) in [6, 6.07) is 3.07. The molecule has 0 radical (unpaired) electrons. The lowest BCUT2D eigenvalue weighted by Crippen LogP contribution is -2.07. The first-order valence-corrected chi connectivity index (χ1v) is 6.25. The Hall–Kier alpha value is -1.27. The highest BCUT2D eigenvalue weighted by Crippen LogP contribution is 2.37. The Balaban J connectivity index is 2.72. The van der Waals surface area contributed by atoms with Crippen LogP contribution in [-0.4, -0.2) is 15.1 Å². The SMILES string of the molecule is Nc1nc(N)c(-c2cc(Cl)cc(Cl)c2Cl)nc1CO. The standard InChI is InChI=1S/C11H9Cl3N4O/c12-4-1-5(8(14)6(13)2-4)9-11(16)18-10(15)7(3-19)17-9/h1-2,19H,3H2,(H4,15,16,18). The van der Waals surface area contributed by atoms with Gasteiger partial charge in [-0.15, -0.1) is 0 Å². The second-order valence-corrected chi connectivity index (χ2v) is 4.92. The molecule has 100 valence electrons. The highest BCUT2D eigenvalue weighted by Gasteiger charge is 2.16. The molecule has 0 aliphatic rings. The van der Waals surface area contributed by atoms with E-state index in [0.717, 1.165) is 0 Å². The van der Waals surface area contributed by atoms with Crippen LogP contribution in [0.2, 0.25) is 15.1 Å². The first-order chi connectivity index (χ1) is 8.93. The molecule has 0 saturated carbocycles. The van der Waals surface area contributed by atoms with Gasteiger partial charge in [-0.1, -0.05) is 34.8 Å². The Morgan fingerprint density at radius 1 is 1.05 bits per heavy atom. The number of aliphatic hydroxyl groups excluding tert-OH is 1. The van der Waals surface area contributed by atoms with Gasteiger partial charge in [-0.3, -0.25) is 0 Å². The van der Waals surface area contributed by atoms with E-state index in [0.29, 0.717) is 10.6 Å². The average molecular weight is 320 g/mol. The van der Waals surface area contributed by atoms with Crippen molar-refractivity contribution in [1.29, 1.82) is 0 Å². The Morgan fingerprint density at radius 3 is 2.37 bits per heavy atom. The van der Waals surface area contributed by atoms with Gasteiger partial charge in [-0.2, -0.15) is 0 Å². The Morgan fingerprint density at radius 2 is 1.74 bits per heavy atom. The van der Waals surface area contributed by atoms with Crippen LogP contribution in [0, 0.1) is 0 Å². The monoisotopic (exact) mass is 318 g/mol. The van der Waals surface area contributed by atoms with Crippen LogP contribution in [0.3, 0.4) is 0 Å². The number of aromatic nitrogens is 2. The highest BCUT2D eigenvalue weighted by atomic mass is 35.5. The molecule has 0 fully saturated rings. The van der Waals surface area contributed by atoms with E-state index in [1.807, 2.05) is 0 Å². The summed E-state index contributed by atoms with van der Waals surface area (Å²) in [7, 11) is 0. The summed E-state index contributed by atoms with van der Waals surface area (Å²) in [6.45, 7) is -0.363. The van der Waals surface area contributed by atoms with Crippen molar-refractivity contribution >= 4 is 46.4 Å². The summed E-state index contributed by atoms with van der Waals surface area (Å²) in [5.41, 5.74) is 12.2. The predicted octanol–water partition coefficient (Wildman–Crippen LogP) is 2.76. The molecule has 0 unspecified atom stereocenters. The zero-order chi connectivity index (χ0) is 14.2. The number of rotatable bonds is 2. The number of hydrogen-bond donors (Lipinski definition) is 3. The maximum Gasteiger partial charge on any atom is 0.152 e. The number of nitrogen functional groups attached to an aromatic ring is 2. The molecule has 0 amide bonds. The Kier molecular flexibility index (Phi) is 4.01. The molecule has 0 aliphatic heterocycles. The van der Waals surface area contributed by atoms with Gasteiger partial charge >= 0.3 is 0 Å². The van der Waals surface area contributed by atoms with E-state index in [2.05, 4.69) is 9.97 Å². The fourth-order valence-electron chi connectivity index (χ4n) is 1.54. The molecule has 0 atom stereocenters. The summed E-state index contributed by atoms with van der Waals surface area (Å²) in [4.78, 5) is 8.05. The van der Waals surface area contributed by atoms with Gasteiger partial charge < -0.3 is 16.6 Å². The summed E-state index contributed by atoms with van der Waals surface area (Å²) in [6.07, 6.45) is 0. The number of hydrogen-bond acceptors (Lipinski definition) is 5. The summed E-state index contributed by atoms with van der Waals surface area (Å²) in [5.74, 6) is 0.142. The lowest BCUT2D eigenvalue weighted by molar-refractivity contribution is 0.277. The Bertz CT molecular complexity index is 648. The van der Waals surface area contributed by atoms with E-state index in [1.54, 1.807) is 6.07 Å². The molecule has 5 nitrogen and oxygen atoms in total.